The second kappa shape index (κ2) is 28.2. The fourth-order valence-electron chi connectivity index (χ4n) is 6.90. The number of ether oxygens (including phenoxy) is 2. The van der Waals surface area contributed by atoms with Gasteiger partial charge < -0.3 is 29.5 Å². The highest BCUT2D eigenvalue weighted by Gasteiger charge is 2.51. The Morgan fingerprint density at radius 2 is 1.26 bits per heavy atom. The summed E-state index contributed by atoms with van der Waals surface area (Å²) in [6.45, 7) is 30.0. The Kier molecular flexibility index (Phi) is 28.7. The topological polar surface area (TPSA) is 207 Å². The van der Waals surface area contributed by atoms with Gasteiger partial charge in [-0.3, -0.25) is 33.7 Å². The number of carbonyl (C=O) groups is 6. The van der Waals surface area contributed by atoms with E-state index in [4.69, 9.17) is 20.5 Å². The van der Waals surface area contributed by atoms with Crippen molar-refractivity contribution < 1.29 is 48.5 Å². The van der Waals surface area contributed by atoms with Crippen LogP contribution >= 0.6 is 0 Å². The van der Waals surface area contributed by atoms with E-state index < -0.39 is 29.2 Å². The number of rotatable bonds is 16. The van der Waals surface area contributed by atoms with E-state index in [0.717, 1.165) is 38.8 Å². The van der Waals surface area contributed by atoms with E-state index >= 15 is 0 Å². The van der Waals surface area contributed by atoms with Crippen LogP contribution in [0, 0.1) is 57.3 Å². The molecule has 0 aromatic rings. The summed E-state index contributed by atoms with van der Waals surface area (Å²) in [4.78, 5) is 75.4. The van der Waals surface area contributed by atoms with Gasteiger partial charge in [-0.25, -0.2) is 5.53 Å². The van der Waals surface area contributed by atoms with E-state index in [1.165, 1.54) is 4.90 Å². The molecule has 58 heavy (non-hydrogen) atoms. The molecule has 0 spiro atoms. The van der Waals surface area contributed by atoms with Crippen molar-refractivity contribution in [2.75, 3.05) is 67.6 Å². The first-order chi connectivity index (χ1) is 26.5. The van der Waals surface area contributed by atoms with Crippen molar-refractivity contribution in [1.82, 2.24) is 14.7 Å². The number of aliphatic hydroxyl groups excluding tert-OH is 1. The summed E-state index contributed by atoms with van der Waals surface area (Å²) in [6.07, 6.45) is 3.62. The Labute approximate surface area is 350 Å². The van der Waals surface area contributed by atoms with E-state index in [0.29, 0.717) is 13.1 Å². The van der Waals surface area contributed by atoms with Crippen LogP contribution in [-0.2, 0) is 38.2 Å². The molecule has 2 heterocycles. The molecule has 3 N–H and O–H groups in total. The molecule has 2 rings (SSSR count). The molecule has 2 aliphatic rings. The lowest BCUT2D eigenvalue weighted by Crippen LogP contribution is -2.38. The average molecular weight is 830 g/mol. The number of carbonyl (C=O) groups excluding carboxylic acids is 5. The highest BCUT2D eigenvalue weighted by molar-refractivity contribution is 6.05. The van der Waals surface area contributed by atoms with Crippen LogP contribution in [0.25, 0.3) is 0 Å². The number of hydrogen-bond acceptors (Lipinski definition) is 13. The third kappa shape index (κ3) is 20.6. The molecule has 2 aliphatic heterocycles. The van der Waals surface area contributed by atoms with Crippen molar-refractivity contribution in [2.45, 2.75) is 123 Å². The third-order valence-electron chi connectivity index (χ3n) is 10.7. The highest BCUT2D eigenvalue weighted by Crippen LogP contribution is 2.42. The maximum atomic E-state index is 12.5. The molecule has 0 bridgehead atoms. The molecular formula is C43H83N5O10. The highest BCUT2D eigenvalue weighted by atomic mass is 16.6. The first-order valence-corrected chi connectivity index (χ1v) is 20.8. The predicted octanol–water partition coefficient (Wildman–Crippen LogP) is 6.65. The second-order valence-electron chi connectivity index (χ2n) is 18.0. The Hall–Kier alpha value is -3.30. The van der Waals surface area contributed by atoms with Crippen LogP contribution in [0.1, 0.15) is 123 Å². The van der Waals surface area contributed by atoms with Gasteiger partial charge in [0, 0.05) is 19.1 Å². The number of carboxylic acids is 1. The van der Waals surface area contributed by atoms with Gasteiger partial charge in [0.1, 0.15) is 0 Å². The number of likely N-dealkylation sites (tertiary alicyclic amines) is 1. The molecule has 340 valence electrons. The van der Waals surface area contributed by atoms with Crippen LogP contribution in [0.4, 0.5) is 0 Å². The summed E-state index contributed by atoms with van der Waals surface area (Å²) in [7, 11) is 8.03. The number of cyclic esters (lactones) is 2. The molecular weight excluding hydrogens is 746 g/mol. The molecule has 15 heteroatoms. The molecule has 0 saturated carbocycles. The molecule has 0 aromatic heterocycles. The van der Waals surface area contributed by atoms with Crippen molar-refractivity contribution in [3.63, 3.8) is 0 Å². The predicted molar refractivity (Wildman–Crippen MR) is 227 cm³/mol. The quantitative estimate of drug-likeness (QED) is 0.0491. The monoisotopic (exact) mass is 830 g/mol. The zero-order valence-corrected chi connectivity index (χ0v) is 39.5. The molecule has 0 aromatic carbocycles. The Balaban J connectivity index is -0.000000703. The van der Waals surface area contributed by atoms with Crippen molar-refractivity contribution in [2.24, 2.45) is 56.9 Å². The van der Waals surface area contributed by atoms with Crippen LogP contribution in [0.2, 0.25) is 0 Å². The van der Waals surface area contributed by atoms with E-state index in [2.05, 4.69) is 40.4 Å². The lowest BCUT2D eigenvalue weighted by molar-refractivity contribution is -0.160. The van der Waals surface area contributed by atoms with Crippen LogP contribution in [0.5, 0.6) is 0 Å². The van der Waals surface area contributed by atoms with Crippen molar-refractivity contribution in [1.29, 1.82) is 5.53 Å². The smallest absolute Gasteiger partial charge is 0.318 e. The number of aliphatic carboxylic acids is 1. The lowest BCUT2D eigenvalue weighted by atomic mass is 9.72. The Morgan fingerprint density at radius 1 is 0.810 bits per heavy atom. The minimum Gasteiger partial charge on any atom is -0.481 e. The fourth-order valence-corrected chi connectivity index (χ4v) is 6.90. The van der Waals surface area contributed by atoms with E-state index in [1.54, 1.807) is 27.7 Å². The lowest BCUT2D eigenvalue weighted by Gasteiger charge is -2.30. The molecule has 6 unspecified atom stereocenters. The summed E-state index contributed by atoms with van der Waals surface area (Å²) in [5.41, 5.74) is 5.73. The fraction of sp³-hybridized carbons (Fsp3) is 0.860. The van der Waals surface area contributed by atoms with Gasteiger partial charge in [-0.2, -0.15) is 5.11 Å². The molecule has 2 amide bonds. The normalized spacial score (nSPS) is 20.3. The molecule has 2 saturated heterocycles. The number of esters is 3. The van der Waals surface area contributed by atoms with Gasteiger partial charge in [-0.15, -0.1) is 0 Å². The van der Waals surface area contributed by atoms with Crippen molar-refractivity contribution in [3.05, 3.63) is 0 Å². The maximum Gasteiger partial charge on any atom is 0.318 e. The Bertz CT molecular complexity index is 1280. The minimum atomic E-state index is -0.956. The number of amides is 2. The summed E-state index contributed by atoms with van der Waals surface area (Å²) in [5.74, 6) is -4.35. The minimum absolute atomic E-state index is 0.00952. The number of hydrogen-bond donors (Lipinski definition) is 3. The summed E-state index contributed by atoms with van der Waals surface area (Å²) in [6, 6.07) is 0. The average Bonchev–Trinajstić information content (AvgIpc) is 3.49. The van der Waals surface area contributed by atoms with Gasteiger partial charge >= 0.3 is 23.9 Å². The first-order valence-electron chi connectivity index (χ1n) is 20.8. The zero-order chi connectivity index (χ0) is 46.4. The number of carboxylic acid groups (broad SMARTS) is 1. The van der Waals surface area contributed by atoms with Crippen LogP contribution in [0.15, 0.2) is 5.11 Å². The summed E-state index contributed by atoms with van der Waals surface area (Å²) < 4.78 is 9.42. The van der Waals surface area contributed by atoms with E-state index in [1.807, 2.05) is 76.7 Å². The van der Waals surface area contributed by atoms with Gasteiger partial charge in [0.05, 0.1) is 42.7 Å². The molecule has 0 radical (unpaired) electrons. The van der Waals surface area contributed by atoms with Gasteiger partial charge in [0.2, 0.25) is 11.8 Å². The molecule has 6 atom stereocenters. The Morgan fingerprint density at radius 3 is 1.60 bits per heavy atom. The first kappa shape index (κ1) is 59.0. The van der Waals surface area contributed by atoms with Crippen LogP contribution < -0.4 is 0 Å². The van der Waals surface area contributed by atoms with Crippen LogP contribution in [0.3, 0.4) is 0 Å². The molecule has 15 nitrogen and oxygen atoms in total. The SMILES string of the molecule is CCC(C)(C)C1C(=O)N(CCCN(C)C)C(=O)C1C.CCC(C)(C)C1C(=O)OC(=O)C1C.CCO.CCOC(=O)C(C)C(C(=O)O)C(C)(C)C.CN(C)CCCN=N. The summed E-state index contributed by atoms with van der Waals surface area (Å²) in [5, 5.41) is 19.9. The zero-order valence-electron chi connectivity index (χ0n) is 39.5. The van der Waals surface area contributed by atoms with Crippen LogP contribution in [-0.4, -0.2) is 128 Å². The van der Waals surface area contributed by atoms with Crippen molar-refractivity contribution >= 4 is 35.7 Å². The van der Waals surface area contributed by atoms with Gasteiger partial charge in [0.25, 0.3) is 0 Å². The largest absolute Gasteiger partial charge is 0.481 e. The van der Waals surface area contributed by atoms with E-state index in [9.17, 15) is 28.8 Å². The van der Waals surface area contributed by atoms with Gasteiger partial charge in [0.15, 0.2) is 0 Å². The number of imide groups is 1. The second-order valence-corrected chi connectivity index (χ2v) is 18.0. The van der Waals surface area contributed by atoms with Crippen molar-refractivity contribution in [3.8, 4) is 0 Å². The molecule has 2 fully saturated rings. The van der Waals surface area contributed by atoms with Gasteiger partial charge in [-0.1, -0.05) is 95.9 Å². The van der Waals surface area contributed by atoms with Gasteiger partial charge in [-0.05, 0) is 84.2 Å². The van der Waals surface area contributed by atoms with E-state index in [-0.39, 0.29) is 71.5 Å². The molecule has 0 aliphatic carbocycles. The third-order valence-corrected chi connectivity index (χ3v) is 10.7. The standard InChI is InChI=1S/C15H28N2O2.C11H20O4.C10H16O3.C5H13N3.C2H6O/c1-7-15(3,4)12-11(2)13(18)17(14(12)19)10-8-9-16(5)6;1-6-15-10(14)7(2)8(9(12)13)11(3,4)5;1-5-10(3,4)7-6(2)8(11)13-9(7)12;1-8(2)5-3-4-7-6;1-2-3/h11-12H,7-10H2,1-6H3;7-8H,6H2,1-5H3,(H,12,13);6-7H,5H2,1-4H3;6H,3-5H2,1-2H3;3H,2H2,1H3. The summed E-state index contributed by atoms with van der Waals surface area (Å²) >= 11 is 0. The number of nitrogens with one attached hydrogen (secondary N) is 1. The maximum absolute atomic E-state index is 12.5. The number of aliphatic hydroxyl groups is 1. The number of nitrogens with zero attached hydrogens (tertiary/aromatic N) is 4.